The Hall–Kier alpha value is -0.620. The highest BCUT2D eigenvalue weighted by molar-refractivity contribution is 7.91. The van der Waals surface area contributed by atoms with Crippen LogP contribution >= 0.6 is 0 Å². The van der Waals surface area contributed by atoms with Gasteiger partial charge in [-0.25, -0.2) is 8.42 Å². The number of nitrogens with one attached hydrogen (secondary N) is 1. The van der Waals surface area contributed by atoms with Crippen LogP contribution < -0.4 is 5.32 Å². The minimum atomic E-state index is -2.86. The van der Waals surface area contributed by atoms with E-state index in [4.69, 9.17) is 0 Å². The van der Waals surface area contributed by atoms with E-state index in [1.807, 2.05) is 11.8 Å². The Labute approximate surface area is 115 Å². The average Bonchev–Trinajstić information content (AvgIpc) is 2.73. The summed E-state index contributed by atoms with van der Waals surface area (Å²) in [5, 5.41) is 3.31. The highest BCUT2D eigenvalue weighted by Gasteiger charge is 2.39. The zero-order chi connectivity index (χ0) is 14.2. The average molecular weight is 288 g/mol. The third-order valence-electron chi connectivity index (χ3n) is 3.98. The van der Waals surface area contributed by atoms with Gasteiger partial charge in [-0.1, -0.05) is 13.8 Å². The summed E-state index contributed by atoms with van der Waals surface area (Å²) in [6.07, 6.45) is 1.54. The van der Waals surface area contributed by atoms with E-state index >= 15 is 0 Å². The summed E-state index contributed by atoms with van der Waals surface area (Å²) in [7, 11) is -2.86. The van der Waals surface area contributed by atoms with Gasteiger partial charge in [-0.05, 0) is 31.6 Å². The van der Waals surface area contributed by atoms with E-state index in [1.54, 1.807) is 0 Å². The fourth-order valence-electron chi connectivity index (χ4n) is 3.03. The number of carbonyl (C=O) groups is 1. The van der Waals surface area contributed by atoms with Crippen molar-refractivity contribution < 1.29 is 13.2 Å². The van der Waals surface area contributed by atoms with Gasteiger partial charge in [0.15, 0.2) is 9.84 Å². The Morgan fingerprint density at radius 2 is 2.11 bits per heavy atom. The summed E-state index contributed by atoms with van der Waals surface area (Å²) < 4.78 is 22.9. The van der Waals surface area contributed by atoms with Crippen LogP contribution in [0.1, 0.15) is 33.6 Å². The van der Waals surface area contributed by atoms with Gasteiger partial charge in [-0.15, -0.1) is 0 Å². The largest absolute Gasteiger partial charge is 0.326 e. The topological polar surface area (TPSA) is 66.5 Å². The van der Waals surface area contributed by atoms with Crippen molar-refractivity contribution in [1.29, 1.82) is 0 Å². The molecule has 6 heteroatoms. The van der Waals surface area contributed by atoms with Gasteiger partial charge in [-0.3, -0.25) is 10.1 Å². The van der Waals surface area contributed by atoms with E-state index in [9.17, 15) is 13.2 Å². The Bertz CT molecular complexity index is 447. The van der Waals surface area contributed by atoms with Crippen LogP contribution in [0, 0.1) is 11.8 Å². The summed E-state index contributed by atoms with van der Waals surface area (Å²) >= 11 is 0. The lowest BCUT2D eigenvalue weighted by molar-refractivity contribution is -0.130. The second kappa shape index (κ2) is 5.40. The van der Waals surface area contributed by atoms with Crippen LogP contribution in [0.4, 0.5) is 0 Å². The molecule has 2 saturated heterocycles. The smallest absolute Gasteiger partial charge is 0.241 e. The summed E-state index contributed by atoms with van der Waals surface area (Å²) in [4.78, 5) is 14.1. The van der Waals surface area contributed by atoms with Crippen LogP contribution in [0.3, 0.4) is 0 Å². The third kappa shape index (κ3) is 3.48. The lowest BCUT2D eigenvalue weighted by atomic mass is 10.0. The Morgan fingerprint density at radius 3 is 2.63 bits per heavy atom. The summed E-state index contributed by atoms with van der Waals surface area (Å²) in [6.45, 7) is 6.75. The molecule has 0 radical (unpaired) electrons. The molecular formula is C13H24N2O3S. The van der Waals surface area contributed by atoms with E-state index in [2.05, 4.69) is 19.2 Å². The van der Waals surface area contributed by atoms with E-state index in [1.165, 1.54) is 0 Å². The van der Waals surface area contributed by atoms with Gasteiger partial charge < -0.3 is 4.90 Å². The highest BCUT2D eigenvalue weighted by atomic mass is 32.2. The second-order valence-electron chi connectivity index (χ2n) is 6.28. The summed E-state index contributed by atoms with van der Waals surface area (Å²) in [5.41, 5.74) is 0. The molecule has 2 aliphatic rings. The van der Waals surface area contributed by atoms with E-state index in [0.29, 0.717) is 18.9 Å². The standard InChI is InChI=1S/C13H24N2O3S/c1-9(2)6-12-13(16)15(10(3)14-12)7-11-4-5-19(17,18)8-11/h9-12,14H,4-8H2,1-3H3. The molecule has 0 aromatic rings. The van der Waals surface area contributed by atoms with Crippen LogP contribution in [0.2, 0.25) is 0 Å². The second-order valence-corrected chi connectivity index (χ2v) is 8.51. The van der Waals surface area contributed by atoms with Crippen molar-refractivity contribution in [2.45, 2.75) is 45.8 Å². The summed E-state index contributed by atoms with van der Waals surface area (Å²) in [5.74, 6) is 1.22. The minimum absolute atomic E-state index is 0.0135. The van der Waals surface area contributed by atoms with E-state index in [0.717, 1.165) is 6.42 Å². The number of hydrogen-bond donors (Lipinski definition) is 1. The first-order chi connectivity index (χ1) is 8.78. The molecule has 19 heavy (non-hydrogen) atoms. The predicted octanol–water partition coefficient (Wildman–Crippen LogP) is 0.614. The molecule has 0 saturated carbocycles. The number of nitrogens with zero attached hydrogens (tertiary/aromatic N) is 1. The predicted molar refractivity (Wildman–Crippen MR) is 74.3 cm³/mol. The van der Waals surface area contributed by atoms with Crippen molar-refractivity contribution >= 4 is 15.7 Å². The number of amides is 1. The fraction of sp³-hybridized carbons (Fsp3) is 0.923. The van der Waals surface area contributed by atoms with Crippen LogP contribution in [-0.2, 0) is 14.6 Å². The van der Waals surface area contributed by atoms with Gasteiger partial charge in [0, 0.05) is 6.54 Å². The molecular weight excluding hydrogens is 264 g/mol. The van der Waals surface area contributed by atoms with Crippen LogP contribution in [0.5, 0.6) is 0 Å². The third-order valence-corrected chi connectivity index (χ3v) is 5.82. The maximum absolute atomic E-state index is 12.3. The van der Waals surface area contributed by atoms with Crippen molar-refractivity contribution in [3.63, 3.8) is 0 Å². The molecule has 1 amide bonds. The number of carbonyl (C=O) groups excluding carboxylic acids is 1. The fourth-order valence-corrected chi connectivity index (χ4v) is 4.88. The van der Waals surface area contributed by atoms with Crippen LogP contribution in [0.15, 0.2) is 0 Å². The molecule has 2 aliphatic heterocycles. The molecule has 0 spiro atoms. The quantitative estimate of drug-likeness (QED) is 0.823. The molecule has 0 bridgehead atoms. The van der Waals surface area contributed by atoms with Crippen molar-refractivity contribution in [2.75, 3.05) is 18.1 Å². The van der Waals surface area contributed by atoms with Gasteiger partial charge in [0.25, 0.3) is 0 Å². The first-order valence-electron chi connectivity index (χ1n) is 7.05. The van der Waals surface area contributed by atoms with Crippen molar-refractivity contribution in [2.24, 2.45) is 11.8 Å². The molecule has 5 nitrogen and oxygen atoms in total. The first-order valence-corrected chi connectivity index (χ1v) is 8.87. The van der Waals surface area contributed by atoms with E-state index < -0.39 is 9.84 Å². The minimum Gasteiger partial charge on any atom is -0.326 e. The lowest BCUT2D eigenvalue weighted by Gasteiger charge is -2.23. The zero-order valence-electron chi connectivity index (χ0n) is 11.9. The molecule has 2 rings (SSSR count). The van der Waals surface area contributed by atoms with Crippen LogP contribution in [0.25, 0.3) is 0 Å². The molecule has 0 aromatic carbocycles. The Morgan fingerprint density at radius 1 is 1.42 bits per heavy atom. The lowest BCUT2D eigenvalue weighted by Crippen LogP contribution is -2.38. The number of rotatable bonds is 4. The van der Waals surface area contributed by atoms with Gasteiger partial charge in [0.05, 0.1) is 23.7 Å². The molecule has 1 N–H and O–H groups in total. The summed E-state index contributed by atoms with van der Waals surface area (Å²) in [6, 6.07) is -0.104. The van der Waals surface area contributed by atoms with Crippen molar-refractivity contribution in [3.05, 3.63) is 0 Å². The number of sulfone groups is 1. The van der Waals surface area contributed by atoms with Gasteiger partial charge in [-0.2, -0.15) is 0 Å². The molecule has 0 aliphatic carbocycles. The van der Waals surface area contributed by atoms with Crippen LogP contribution in [-0.4, -0.2) is 49.5 Å². The van der Waals surface area contributed by atoms with Crippen molar-refractivity contribution in [3.8, 4) is 0 Å². The van der Waals surface area contributed by atoms with Gasteiger partial charge >= 0.3 is 0 Å². The maximum Gasteiger partial charge on any atom is 0.241 e. The van der Waals surface area contributed by atoms with E-state index in [-0.39, 0.29) is 35.5 Å². The SMILES string of the molecule is CC(C)CC1NC(C)N(CC2CCS(=O)(=O)C2)C1=O. The van der Waals surface area contributed by atoms with Gasteiger partial charge in [0.2, 0.25) is 5.91 Å². The maximum atomic E-state index is 12.3. The van der Waals surface area contributed by atoms with Crippen molar-refractivity contribution in [1.82, 2.24) is 10.2 Å². The molecule has 3 unspecified atom stereocenters. The Kier molecular flexibility index (Phi) is 4.20. The molecule has 2 heterocycles. The normalized spacial score (nSPS) is 34.4. The number of hydrogen-bond acceptors (Lipinski definition) is 4. The highest BCUT2D eigenvalue weighted by Crippen LogP contribution is 2.23. The Balaban J connectivity index is 1.95. The molecule has 0 aromatic heterocycles. The monoisotopic (exact) mass is 288 g/mol. The van der Waals surface area contributed by atoms with Gasteiger partial charge in [0.1, 0.15) is 0 Å². The first kappa shape index (κ1) is 14.8. The molecule has 3 atom stereocenters. The molecule has 2 fully saturated rings. The molecule has 110 valence electrons. The zero-order valence-corrected chi connectivity index (χ0v) is 12.7.